The Hall–Kier alpha value is -2.40. The highest BCUT2D eigenvalue weighted by molar-refractivity contribution is 5.86. The average Bonchev–Trinajstić information content (AvgIpc) is 3.01. The van der Waals surface area contributed by atoms with Crippen LogP contribution in [-0.4, -0.2) is 33.3 Å². The number of rotatable bonds is 6. The summed E-state index contributed by atoms with van der Waals surface area (Å²) < 4.78 is 2.12. The molecule has 0 saturated carbocycles. The first-order chi connectivity index (χ1) is 12.9. The van der Waals surface area contributed by atoms with E-state index in [4.69, 9.17) is 9.97 Å². The number of nitrogens with zero attached hydrogens (tertiary/aromatic N) is 3. The van der Waals surface area contributed by atoms with E-state index < -0.39 is 0 Å². The fraction of sp³-hybridized carbons (Fsp3) is 0.455. The molecule has 27 heavy (non-hydrogen) atoms. The smallest absolute Gasteiger partial charge is 0.135 e. The summed E-state index contributed by atoms with van der Waals surface area (Å²) in [5.41, 5.74) is 7.44. The molecule has 0 unspecified atom stereocenters. The molecule has 0 radical (unpaired) electrons. The highest BCUT2D eigenvalue weighted by atomic mass is 16.3. The van der Waals surface area contributed by atoms with E-state index in [-0.39, 0.29) is 12.6 Å². The molecule has 0 bridgehead atoms. The number of anilines is 1. The molecule has 5 nitrogen and oxygen atoms in total. The van der Waals surface area contributed by atoms with Gasteiger partial charge in [0.2, 0.25) is 0 Å². The Morgan fingerprint density at radius 1 is 1.19 bits per heavy atom. The Kier molecular flexibility index (Phi) is 5.51. The standard InChI is InChI=1S/C22H30N4O/c1-7-16-10-19-20(14(4)11-26(19)15(5)12-27)25-21(16)17-8-9-18(13(2)3)24-22(17)23-6/h8-11,13,15,27H,7,12H2,1-6H3,(H,23,24)/t15-/m1/s1. The number of aliphatic hydroxyl groups excluding tert-OH is 1. The van der Waals surface area contributed by atoms with Crippen LogP contribution < -0.4 is 5.32 Å². The van der Waals surface area contributed by atoms with Gasteiger partial charge in [-0.25, -0.2) is 9.97 Å². The van der Waals surface area contributed by atoms with E-state index in [1.807, 2.05) is 14.0 Å². The number of fused-ring (bicyclic) bond motifs is 1. The van der Waals surface area contributed by atoms with Crippen LogP contribution >= 0.6 is 0 Å². The number of aliphatic hydroxyl groups is 1. The highest BCUT2D eigenvalue weighted by Gasteiger charge is 2.18. The maximum Gasteiger partial charge on any atom is 0.135 e. The van der Waals surface area contributed by atoms with Crippen LogP contribution in [0.3, 0.4) is 0 Å². The minimum atomic E-state index is 0.0263. The van der Waals surface area contributed by atoms with Gasteiger partial charge in [-0.2, -0.15) is 0 Å². The number of nitrogens with one attached hydrogen (secondary N) is 1. The molecule has 5 heteroatoms. The summed E-state index contributed by atoms with van der Waals surface area (Å²) in [5, 5.41) is 12.8. The molecule has 2 N–H and O–H groups in total. The van der Waals surface area contributed by atoms with Crippen molar-refractivity contribution in [2.24, 2.45) is 0 Å². The van der Waals surface area contributed by atoms with Crippen molar-refractivity contribution in [3.63, 3.8) is 0 Å². The average molecular weight is 367 g/mol. The van der Waals surface area contributed by atoms with E-state index in [2.05, 4.69) is 62.0 Å². The fourth-order valence-electron chi connectivity index (χ4n) is 3.50. The fourth-order valence-corrected chi connectivity index (χ4v) is 3.50. The number of pyridine rings is 2. The lowest BCUT2D eigenvalue weighted by atomic mass is 10.0. The molecule has 0 amide bonds. The third-order valence-electron chi connectivity index (χ3n) is 5.19. The molecule has 144 valence electrons. The second kappa shape index (κ2) is 7.69. The lowest BCUT2D eigenvalue weighted by Crippen LogP contribution is -2.08. The molecule has 1 atom stereocenters. The molecule has 0 saturated heterocycles. The molecule has 3 rings (SSSR count). The van der Waals surface area contributed by atoms with Crippen LogP contribution in [0.1, 0.15) is 56.5 Å². The van der Waals surface area contributed by atoms with Gasteiger partial charge in [-0.05, 0) is 55.5 Å². The van der Waals surface area contributed by atoms with Crippen molar-refractivity contribution in [2.45, 2.75) is 53.0 Å². The summed E-state index contributed by atoms with van der Waals surface area (Å²) in [5.74, 6) is 1.24. The number of aryl methyl sites for hydroxylation is 2. The monoisotopic (exact) mass is 366 g/mol. The van der Waals surface area contributed by atoms with Crippen LogP contribution in [0.25, 0.3) is 22.3 Å². The molecular weight excluding hydrogens is 336 g/mol. The zero-order valence-corrected chi connectivity index (χ0v) is 17.2. The zero-order chi connectivity index (χ0) is 19.7. The van der Waals surface area contributed by atoms with Gasteiger partial charge in [0, 0.05) is 24.5 Å². The first-order valence-electron chi connectivity index (χ1n) is 9.72. The maximum absolute atomic E-state index is 9.60. The minimum absolute atomic E-state index is 0.0263. The van der Waals surface area contributed by atoms with E-state index in [0.29, 0.717) is 5.92 Å². The summed E-state index contributed by atoms with van der Waals surface area (Å²) in [7, 11) is 1.91. The molecule has 3 aromatic heterocycles. The Bertz CT molecular complexity index is 959. The molecule has 3 aromatic rings. The summed E-state index contributed by atoms with van der Waals surface area (Å²) >= 11 is 0. The molecule has 0 fully saturated rings. The third-order valence-corrected chi connectivity index (χ3v) is 5.19. The van der Waals surface area contributed by atoms with Crippen LogP contribution in [0.2, 0.25) is 0 Å². The molecule has 0 aliphatic carbocycles. The Balaban J connectivity index is 2.25. The predicted molar refractivity (Wildman–Crippen MR) is 113 cm³/mol. The molecule has 0 spiro atoms. The SMILES string of the molecule is CCc1cc2c(nc1-c1ccc(C(C)C)nc1NC)c(C)cn2[C@H](C)CO. The quantitative estimate of drug-likeness (QED) is 0.664. The van der Waals surface area contributed by atoms with Crippen LogP contribution in [0.15, 0.2) is 24.4 Å². The van der Waals surface area contributed by atoms with Crippen LogP contribution in [-0.2, 0) is 6.42 Å². The van der Waals surface area contributed by atoms with Gasteiger partial charge in [0.1, 0.15) is 5.82 Å². The first kappa shape index (κ1) is 19.4. The van der Waals surface area contributed by atoms with E-state index in [0.717, 1.165) is 45.8 Å². The Morgan fingerprint density at radius 3 is 2.52 bits per heavy atom. The molecular formula is C22H30N4O. The highest BCUT2D eigenvalue weighted by Crippen LogP contribution is 2.33. The third kappa shape index (κ3) is 3.44. The van der Waals surface area contributed by atoms with E-state index in [1.54, 1.807) is 0 Å². The van der Waals surface area contributed by atoms with E-state index in [1.165, 1.54) is 5.56 Å². The van der Waals surface area contributed by atoms with Gasteiger partial charge in [-0.1, -0.05) is 20.8 Å². The Morgan fingerprint density at radius 2 is 1.93 bits per heavy atom. The second-order valence-corrected chi connectivity index (χ2v) is 7.51. The maximum atomic E-state index is 9.60. The Labute approximate surface area is 161 Å². The molecule has 0 aromatic carbocycles. The number of hydrogen-bond acceptors (Lipinski definition) is 4. The lowest BCUT2D eigenvalue weighted by molar-refractivity contribution is 0.241. The second-order valence-electron chi connectivity index (χ2n) is 7.51. The molecule has 0 aliphatic rings. The molecule has 3 heterocycles. The lowest BCUT2D eigenvalue weighted by Gasteiger charge is -2.16. The molecule has 0 aliphatic heterocycles. The van der Waals surface area contributed by atoms with Crippen molar-refractivity contribution in [2.75, 3.05) is 19.0 Å². The summed E-state index contributed by atoms with van der Waals surface area (Å²) in [6.45, 7) is 10.7. The van der Waals surface area contributed by atoms with Crippen molar-refractivity contribution in [1.82, 2.24) is 14.5 Å². The van der Waals surface area contributed by atoms with E-state index >= 15 is 0 Å². The van der Waals surface area contributed by atoms with Crippen molar-refractivity contribution >= 4 is 16.9 Å². The van der Waals surface area contributed by atoms with Crippen molar-refractivity contribution in [3.05, 3.63) is 41.2 Å². The summed E-state index contributed by atoms with van der Waals surface area (Å²) in [6, 6.07) is 6.47. The van der Waals surface area contributed by atoms with Gasteiger partial charge in [-0.15, -0.1) is 0 Å². The van der Waals surface area contributed by atoms with Crippen molar-refractivity contribution in [1.29, 1.82) is 0 Å². The van der Waals surface area contributed by atoms with Crippen LogP contribution in [0.4, 0.5) is 5.82 Å². The van der Waals surface area contributed by atoms with Gasteiger partial charge in [-0.3, -0.25) is 0 Å². The van der Waals surface area contributed by atoms with Gasteiger partial charge in [0.05, 0.1) is 29.4 Å². The van der Waals surface area contributed by atoms with Crippen molar-refractivity contribution in [3.8, 4) is 11.3 Å². The largest absolute Gasteiger partial charge is 0.394 e. The van der Waals surface area contributed by atoms with Crippen LogP contribution in [0, 0.1) is 6.92 Å². The minimum Gasteiger partial charge on any atom is -0.394 e. The summed E-state index contributed by atoms with van der Waals surface area (Å²) in [6.07, 6.45) is 2.96. The summed E-state index contributed by atoms with van der Waals surface area (Å²) in [4.78, 5) is 9.86. The van der Waals surface area contributed by atoms with Gasteiger partial charge in [0.15, 0.2) is 0 Å². The first-order valence-corrected chi connectivity index (χ1v) is 9.72. The van der Waals surface area contributed by atoms with E-state index in [9.17, 15) is 5.11 Å². The zero-order valence-electron chi connectivity index (χ0n) is 17.2. The topological polar surface area (TPSA) is 63.0 Å². The van der Waals surface area contributed by atoms with Crippen LogP contribution in [0.5, 0.6) is 0 Å². The number of hydrogen-bond donors (Lipinski definition) is 2. The normalized spacial score (nSPS) is 12.7. The number of aromatic nitrogens is 3. The predicted octanol–water partition coefficient (Wildman–Crippen LogP) is 4.69. The van der Waals surface area contributed by atoms with Gasteiger partial charge in [0.25, 0.3) is 0 Å². The van der Waals surface area contributed by atoms with Crippen molar-refractivity contribution < 1.29 is 5.11 Å². The van der Waals surface area contributed by atoms with Gasteiger partial charge >= 0.3 is 0 Å². The van der Waals surface area contributed by atoms with Gasteiger partial charge < -0.3 is 15.0 Å².